The van der Waals surface area contributed by atoms with Crippen LogP contribution in [0.2, 0.25) is 0 Å². The SMILES string of the molecule is CC(NCCC(=O)N1CCCC1)c1ccccc1O. The molecule has 0 radical (unpaired) electrons. The first-order chi connectivity index (χ1) is 9.18. The van der Waals surface area contributed by atoms with Gasteiger partial charge in [0, 0.05) is 37.7 Å². The van der Waals surface area contributed by atoms with Gasteiger partial charge in [-0.2, -0.15) is 0 Å². The van der Waals surface area contributed by atoms with Gasteiger partial charge in [0.25, 0.3) is 0 Å². The number of hydrogen-bond acceptors (Lipinski definition) is 3. The smallest absolute Gasteiger partial charge is 0.223 e. The second-order valence-corrected chi connectivity index (χ2v) is 5.07. The Morgan fingerprint density at radius 1 is 1.37 bits per heavy atom. The minimum absolute atomic E-state index is 0.0487. The van der Waals surface area contributed by atoms with Crippen LogP contribution >= 0.6 is 0 Å². The molecule has 1 aliphatic rings. The topological polar surface area (TPSA) is 52.6 Å². The fourth-order valence-corrected chi connectivity index (χ4v) is 2.48. The second-order valence-electron chi connectivity index (χ2n) is 5.07. The normalized spacial score (nSPS) is 16.6. The molecule has 2 rings (SSSR count). The van der Waals surface area contributed by atoms with Gasteiger partial charge in [0.05, 0.1) is 0 Å². The molecule has 4 heteroatoms. The van der Waals surface area contributed by atoms with Gasteiger partial charge in [0.2, 0.25) is 5.91 Å². The van der Waals surface area contributed by atoms with Crippen LogP contribution in [0, 0.1) is 0 Å². The van der Waals surface area contributed by atoms with E-state index in [9.17, 15) is 9.90 Å². The lowest BCUT2D eigenvalue weighted by Crippen LogP contribution is -2.31. The maximum absolute atomic E-state index is 11.9. The summed E-state index contributed by atoms with van der Waals surface area (Å²) in [6, 6.07) is 7.34. The molecule has 1 saturated heterocycles. The Bertz CT molecular complexity index is 428. The summed E-state index contributed by atoms with van der Waals surface area (Å²) in [5.74, 6) is 0.530. The maximum Gasteiger partial charge on any atom is 0.223 e. The zero-order valence-corrected chi connectivity index (χ0v) is 11.4. The van der Waals surface area contributed by atoms with E-state index in [1.165, 1.54) is 0 Å². The molecule has 4 nitrogen and oxygen atoms in total. The Balaban J connectivity index is 1.76. The first-order valence-corrected chi connectivity index (χ1v) is 6.97. The Kier molecular flexibility index (Phi) is 4.80. The van der Waals surface area contributed by atoms with Crippen molar-refractivity contribution in [2.45, 2.75) is 32.2 Å². The zero-order valence-electron chi connectivity index (χ0n) is 11.4. The molecule has 104 valence electrons. The van der Waals surface area contributed by atoms with Gasteiger partial charge in [0.15, 0.2) is 0 Å². The molecule has 0 spiro atoms. The highest BCUT2D eigenvalue weighted by Crippen LogP contribution is 2.22. The van der Waals surface area contributed by atoms with Gasteiger partial charge in [-0.15, -0.1) is 0 Å². The third-order valence-corrected chi connectivity index (χ3v) is 3.65. The maximum atomic E-state index is 11.9. The summed E-state index contributed by atoms with van der Waals surface area (Å²) in [5, 5.41) is 13.0. The lowest BCUT2D eigenvalue weighted by Gasteiger charge is -2.18. The van der Waals surface area contributed by atoms with Crippen LogP contribution in [-0.4, -0.2) is 35.5 Å². The predicted molar refractivity (Wildman–Crippen MR) is 75.0 cm³/mol. The second kappa shape index (κ2) is 6.57. The van der Waals surface area contributed by atoms with E-state index >= 15 is 0 Å². The van der Waals surface area contributed by atoms with Crippen LogP contribution in [-0.2, 0) is 4.79 Å². The zero-order chi connectivity index (χ0) is 13.7. The fraction of sp³-hybridized carbons (Fsp3) is 0.533. The average molecular weight is 262 g/mol. The molecule has 1 unspecified atom stereocenters. The Morgan fingerprint density at radius 3 is 2.74 bits per heavy atom. The molecule has 1 heterocycles. The molecule has 0 saturated carbocycles. The number of phenolic OH excluding ortho intramolecular Hbond substituents is 1. The van der Waals surface area contributed by atoms with Crippen LogP contribution in [0.15, 0.2) is 24.3 Å². The summed E-state index contributed by atoms with van der Waals surface area (Å²) in [6.07, 6.45) is 2.79. The highest BCUT2D eigenvalue weighted by atomic mass is 16.3. The van der Waals surface area contributed by atoms with E-state index in [0.29, 0.717) is 18.7 Å². The van der Waals surface area contributed by atoms with E-state index in [4.69, 9.17) is 0 Å². The molecule has 1 atom stereocenters. The molecule has 1 fully saturated rings. The number of nitrogens with zero attached hydrogens (tertiary/aromatic N) is 1. The number of para-hydroxylation sites is 1. The average Bonchev–Trinajstić information content (AvgIpc) is 2.93. The van der Waals surface area contributed by atoms with Gasteiger partial charge >= 0.3 is 0 Å². The lowest BCUT2D eigenvalue weighted by molar-refractivity contribution is -0.130. The number of aromatic hydroxyl groups is 1. The number of carbonyl (C=O) groups excluding carboxylic acids is 1. The van der Waals surface area contributed by atoms with Crippen molar-refractivity contribution in [1.29, 1.82) is 0 Å². The molecular weight excluding hydrogens is 240 g/mol. The molecule has 1 aromatic carbocycles. The van der Waals surface area contributed by atoms with Crippen molar-refractivity contribution in [3.8, 4) is 5.75 Å². The molecule has 0 aliphatic carbocycles. The molecular formula is C15H22N2O2. The van der Waals surface area contributed by atoms with Crippen LogP contribution in [0.3, 0.4) is 0 Å². The van der Waals surface area contributed by atoms with Gasteiger partial charge in [0.1, 0.15) is 5.75 Å². The molecule has 1 amide bonds. The molecule has 1 aromatic rings. The van der Waals surface area contributed by atoms with Gasteiger partial charge in [-0.05, 0) is 25.8 Å². The first-order valence-electron chi connectivity index (χ1n) is 6.97. The minimum atomic E-state index is 0.0487. The fourth-order valence-electron chi connectivity index (χ4n) is 2.48. The predicted octanol–water partition coefficient (Wildman–Crippen LogP) is 2.06. The Labute approximate surface area is 114 Å². The third-order valence-electron chi connectivity index (χ3n) is 3.65. The molecule has 1 aliphatic heterocycles. The van der Waals surface area contributed by atoms with Crippen molar-refractivity contribution in [2.75, 3.05) is 19.6 Å². The summed E-state index contributed by atoms with van der Waals surface area (Å²) in [4.78, 5) is 13.8. The molecule has 19 heavy (non-hydrogen) atoms. The van der Waals surface area contributed by atoms with Gasteiger partial charge < -0.3 is 15.3 Å². The van der Waals surface area contributed by atoms with Crippen molar-refractivity contribution in [1.82, 2.24) is 10.2 Å². The number of phenols is 1. The number of rotatable bonds is 5. The third kappa shape index (κ3) is 3.70. The number of hydrogen-bond donors (Lipinski definition) is 2. The van der Waals surface area contributed by atoms with E-state index in [-0.39, 0.29) is 11.9 Å². The lowest BCUT2D eigenvalue weighted by atomic mass is 10.1. The highest BCUT2D eigenvalue weighted by molar-refractivity contribution is 5.76. The molecule has 0 aromatic heterocycles. The van der Waals surface area contributed by atoms with Crippen LogP contribution in [0.1, 0.15) is 37.8 Å². The monoisotopic (exact) mass is 262 g/mol. The largest absolute Gasteiger partial charge is 0.508 e. The van der Waals surface area contributed by atoms with E-state index in [2.05, 4.69) is 5.32 Å². The molecule has 2 N–H and O–H groups in total. The summed E-state index contributed by atoms with van der Waals surface area (Å²) in [5.41, 5.74) is 0.871. The number of likely N-dealkylation sites (tertiary alicyclic amines) is 1. The minimum Gasteiger partial charge on any atom is -0.508 e. The number of amides is 1. The van der Waals surface area contributed by atoms with Crippen LogP contribution in [0.4, 0.5) is 0 Å². The van der Waals surface area contributed by atoms with Crippen LogP contribution < -0.4 is 5.32 Å². The number of carbonyl (C=O) groups is 1. The van der Waals surface area contributed by atoms with Crippen molar-refractivity contribution in [2.24, 2.45) is 0 Å². The summed E-state index contributed by atoms with van der Waals surface area (Å²) < 4.78 is 0. The van der Waals surface area contributed by atoms with Gasteiger partial charge in [-0.1, -0.05) is 18.2 Å². The van der Waals surface area contributed by atoms with Crippen molar-refractivity contribution in [3.63, 3.8) is 0 Å². The van der Waals surface area contributed by atoms with E-state index in [1.807, 2.05) is 30.0 Å². The first kappa shape index (κ1) is 13.9. The van der Waals surface area contributed by atoms with Gasteiger partial charge in [-0.25, -0.2) is 0 Å². The van der Waals surface area contributed by atoms with Crippen molar-refractivity contribution < 1.29 is 9.90 Å². The summed E-state index contributed by atoms with van der Waals surface area (Å²) in [6.45, 7) is 4.46. The van der Waals surface area contributed by atoms with E-state index in [0.717, 1.165) is 31.5 Å². The van der Waals surface area contributed by atoms with Crippen molar-refractivity contribution in [3.05, 3.63) is 29.8 Å². The molecule has 0 bridgehead atoms. The van der Waals surface area contributed by atoms with Crippen molar-refractivity contribution >= 4 is 5.91 Å². The van der Waals surface area contributed by atoms with E-state index < -0.39 is 0 Å². The number of nitrogens with one attached hydrogen (secondary N) is 1. The summed E-state index contributed by atoms with van der Waals surface area (Å²) >= 11 is 0. The van der Waals surface area contributed by atoms with Crippen LogP contribution in [0.5, 0.6) is 5.75 Å². The summed E-state index contributed by atoms with van der Waals surface area (Å²) in [7, 11) is 0. The quantitative estimate of drug-likeness (QED) is 0.854. The van der Waals surface area contributed by atoms with Gasteiger partial charge in [-0.3, -0.25) is 4.79 Å². The Morgan fingerprint density at radius 2 is 2.05 bits per heavy atom. The van der Waals surface area contributed by atoms with E-state index in [1.54, 1.807) is 6.07 Å². The van der Waals surface area contributed by atoms with Crippen LogP contribution in [0.25, 0.3) is 0 Å². The Hall–Kier alpha value is -1.55. The number of benzene rings is 1. The standard InChI is InChI=1S/C15H22N2O2/c1-12(13-6-2-3-7-14(13)18)16-9-8-15(19)17-10-4-5-11-17/h2-3,6-7,12,16,18H,4-5,8-11H2,1H3. The highest BCUT2D eigenvalue weighted by Gasteiger charge is 2.17.